The van der Waals surface area contributed by atoms with Crippen molar-refractivity contribution in [3.63, 3.8) is 0 Å². The molecule has 1 saturated heterocycles. The number of aryl methyl sites for hydroxylation is 2. The summed E-state index contributed by atoms with van der Waals surface area (Å²) in [5.41, 5.74) is 3.64. The summed E-state index contributed by atoms with van der Waals surface area (Å²) in [6.45, 7) is 7.59. The largest absolute Gasteiger partial charge is 0.457 e. The van der Waals surface area contributed by atoms with Gasteiger partial charge in [0.15, 0.2) is 5.75 Å². The Bertz CT molecular complexity index is 1520. The van der Waals surface area contributed by atoms with Crippen LogP contribution < -0.4 is 25.4 Å². The lowest BCUT2D eigenvalue weighted by molar-refractivity contribution is 0.0949. The molecule has 8 heteroatoms. The zero-order valence-electron chi connectivity index (χ0n) is 24.0. The van der Waals surface area contributed by atoms with Crippen molar-refractivity contribution in [2.45, 2.75) is 26.7 Å². The number of hydrogen-bond donors (Lipinski definition) is 3. The molecule has 0 radical (unpaired) electrons. The van der Waals surface area contributed by atoms with Crippen molar-refractivity contribution < 1.29 is 19.1 Å². The van der Waals surface area contributed by atoms with E-state index in [1.165, 1.54) is 12.8 Å². The molecular formula is C34H36N4O4. The molecular weight excluding hydrogens is 528 g/mol. The summed E-state index contributed by atoms with van der Waals surface area (Å²) in [5.74, 6) is 2.24. The normalized spacial score (nSPS) is 12.9. The quantitative estimate of drug-likeness (QED) is 0.187. The number of carbonyl (C=O) groups is 2. The van der Waals surface area contributed by atoms with Crippen LogP contribution in [-0.4, -0.2) is 43.0 Å². The third kappa shape index (κ3) is 7.89. The summed E-state index contributed by atoms with van der Waals surface area (Å²) < 4.78 is 12.0. The second kappa shape index (κ2) is 13.7. The number of urea groups is 1. The average molecular weight is 565 g/mol. The molecule has 0 unspecified atom stereocenters. The van der Waals surface area contributed by atoms with Crippen LogP contribution in [0.1, 0.15) is 34.3 Å². The number of carbonyl (C=O) groups excluding carboxylic acids is 2. The first-order valence-electron chi connectivity index (χ1n) is 14.2. The van der Waals surface area contributed by atoms with Gasteiger partial charge in [-0.3, -0.25) is 4.79 Å². The average Bonchev–Trinajstić information content (AvgIpc) is 3.51. The van der Waals surface area contributed by atoms with Gasteiger partial charge in [0.2, 0.25) is 0 Å². The van der Waals surface area contributed by atoms with Gasteiger partial charge in [-0.1, -0.05) is 24.3 Å². The Morgan fingerprint density at radius 1 is 0.738 bits per heavy atom. The smallest absolute Gasteiger partial charge is 0.323 e. The molecule has 3 amide bonds. The molecule has 1 aliphatic rings. The highest BCUT2D eigenvalue weighted by atomic mass is 16.5. The third-order valence-corrected chi connectivity index (χ3v) is 7.20. The highest BCUT2D eigenvalue weighted by Gasteiger charge is 2.16. The van der Waals surface area contributed by atoms with Crippen LogP contribution in [0, 0.1) is 13.8 Å². The molecule has 4 aromatic rings. The molecule has 1 aliphatic heterocycles. The monoisotopic (exact) mass is 564 g/mol. The van der Waals surface area contributed by atoms with Crippen molar-refractivity contribution in [3.8, 4) is 23.0 Å². The molecule has 1 heterocycles. The summed E-state index contributed by atoms with van der Waals surface area (Å²) in [5, 5.41) is 8.69. The van der Waals surface area contributed by atoms with Crippen LogP contribution in [0.25, 0.3) is 0 Å². The first-order chi connectivity index (χ1) is 20.4. The third-order valence-electron chi connectivity index (χ3n) is 7.20. The van der Waals surface area contributed by atoms with Gasteiger partial charge in [0.05, 0.1) is 5.69 Å². The molecule has 8 nitrogen and oxygen atoms in total. The number of rotatable bonds is 10. The van der Waals surface area contributed by atoms with E-state index in [9.17, 15) is 9.59 Å². The van der Waals surface area contributed by atoms with E-state index in [-0.39, 0.29) is 5.91 Å². The number of likely N-dealkylation sites (tertiary alicyclic amines) is 1. The van der Waals surface area contributed by atoms with Crippen LogP contribution >= 0.6 is 0 Å². The lowest BCUT2D eigenvalue weighted by atomic mass is 10.1. The molecule has 0 bridgehead atoms. The Labute approximate surface area is 246 Å². The Hall–Kier alpha value is -4.82. The fourth-order valence-corrected chi connectivity index (χ4v) is 4.71. The number of nitrogens with zero attached hydrogens (tertiary/aromatic N) is 1. The lowest BCUT2D eigenvalue weighted by Crippen LogP contribution is -2.33. The molecule has 0 spiro atoms. The fourth-order valence-electron chi connectivity index (χ4n) is 4.71. The predicted molar refractivity (Wildman–Crippen MR) is 166 cm³/mol. The van der Waals surface area contributed by atoms with Gasteiger partial charge in [0.25, 0.3) is 5.91 Å². The summed E-state index contributed by atoms with van der Waals surface area (Å²) in [7, 11) is 0. The molecule has 0 aromatic heterocycles. The van der Waals surface area contributed by atoms with Gasteiger partial charge in [0.1, 0.15) is 17.2 Å². The minimum Gasteiger partial charge on any atom is -0.457 e. The number of ether oxygens (including phenoxy) is 2. The highest BCUT2D eigenvalue weighted by molar-refractivity contribution is 6.02. The zero-order valence-corrected chi connectivity index (χ0v) is 24.0. The number of benzene rings is 4. The summed E-state index contributed by atoms with van der Waals surface area (Å²) in [6, 6.07) is 26.9. The highest BCUT2D eigenvalue weighted by Crippen LogP contribution is 2.32. The van der Waals surface area contributed by atoms with Crippen LogP contribution in [0.5, 0.6) is 23.0 Å². The number of anilines is 2. The Morgan fingerprint density at radius 3 is 2.19 bits per heavy atom. The van der Waals surface area contributed by atoms with Crippen molar-refractivity contribution in [1.29, 1.82) is 0 Å². The minimum atomic E-state index is -0.469. The Kier molecular flexibility index (Phi) is 9.36. The van der Waals surface area contributed by atoms with E-state index in [1.54, 1.807) is 42.5 Å². The number of hydrogen-bond acceptors (Lipinski definition) is 5. The second-order valence-corrected chi connectivity index (χ2v) is 10.4. The maximum Gasteiger partial charge on any atom is 0.323 e. The van der Waals surface area contributed by atoms with Gasteiger partial charge < -0.3 is 30.3 Å². The van der Waals surface area contributed by atoms with Gasteiger partial charge in [-0.25, -0.2) is 4.79 Å². The topological polar surface area (TPSA) is 91.9 Å². The maximum atomic E-state index is 13.0. The van der Waals surface area contributed by atoms with E-state index < -0.39 is 6.03 Å². The van der Waals surface area contributed by atoms with Crippen molar-refractivity contribution in [3.05, 3.63) is 108 Å². The molecule has 0 saturated carbocycles. The molecule has 0 atom stereocenters. The van der Waals surface area contributed by atoms with Crippen LogP contribution in [0.15, 0.2) is 91.0 Å². The molecule has 1 fully saturated rings. The molecule has 0 aliphatic carbocycles. The van der Waals surface area contributed by atoms with Crippen LogP contribution in [-0.2, 0) is 0 Å². The second-order valence-electron chi connectivity index (χ2n) is 10.4. The van der Waals surface area contributed by atoms with Gasteiger partial charge >= 0.3 is 6.03 Å². The predicted octanol–water partition coefficient (Wildman–Crippen LogP) is 7.36. The number of para-hydroxylation sites is 1. The molecule has 4 aromatic carbocycles. The standard InChI is InChI=1S/C34H36N4O4/c1-24-10-14-30(22-25(24)2)42-32-17-11-26(33(39)35-18-21-38-19-6-7-20-38)23-31(32)37-34(40)36-27-12-15-29(16-13-27)41-28-8-4-3-5-9-28/h3-5,8-17,22-23H,6-7,18-21H2,1-2H3,(H,35,39)(H2,36,37,40). The van der Waals surface area contributed by atoms with E-state index in [0.717, 1.165) is 36.5 Å². The maximum absolute atomic E-state index is 13.0. The van der Waals surface area contributed by atoms with E-state index in [0.29, 0.717) is 40.7 Å². The van der Waals surface area contributed by atoms with E-state index in [2.05, 4.69) is 20.9 Å². The summed E-state index contributed by atoms with van der Waals surface area (Å²) in [4.78, 5) is 28.3. The minimum absolute atomic E-state index is 0.204. The van der Waals surface area contributed by atoms with Gasteiger partial charge in [0, 0.05) is 24.3 Å². The van der Waals surface area contributed by atoms with E-state index in [4.69, 9.17) is 9.47 Å². The van der Waals surface area contributed by atoms with E-state index in [1.807, 2.05) is 62.4 Å². The zero-order chi connectivity index (χ0) is 29.3. The van der Waals surface area contributed by atoms with Crippen molar-refractivity contribution in [2.24, 2.45) is 0 Å². The van der Waals surface area contributed by atoms with Crippen LogP contribution in [0.2, 0.25) is 0 Å². The van der Waals surface area contributed by atoms with Crippen molar-refractivity contribution in [1.82, 2.24) is 10.2 Å². The number of nitrogens with one attached hydrogen (secondary N) is 3. The van der Waals surface area contributed by atoms with Gasteiger partial charge in [-0.2, -0.15) is 0 Å². The summed E-state index contributed by atoms with van der Waals surface area (Å²) >= 11 is 0. The van der Waals surface area contributed by atoms with Crippen molar-refractivity contribution >= 4 is 23.3 Å². The fraction of sp³-hybridized carbons (Fsp3) is 0.235. The van der Waals surface area contributed by atoms with Crippen LogP contribution in [0.4, 0.5) is 16.2 Å². The van der Waals surface area contributed by atoms with Gasteiger partial charge in [-0.15, -0.1) is 0 Å². The molecule has 216 valence electrons. The number of amides is 3. The van der Waals surface area contributed by atoms with Crippen molar-refractivity contribution in [2.75, 3.05) is 36.8 Å². The Morgan fingerprint density at radius 2 is 1.45 bits per heavy atom. The van der Waals surface area contributed by atoms with Gasteiger partial charge in [-0.05, 0) is 118 Å². The Balaban J connectivity index is 1.28. The first kappa shape index (κ1) is 28.7. The van der Waals surface area contributed by atoms with E-state index >= 15 is 0 Å². The first-order valence-corrected chi connectivity index (χ1v) is 14.2. The molecule has 3 N–H and O–H groups in total. The molecule has 5 rings (SSSR count). The summed E-state index contributed by atoms with van der Waals surface area (Å²) in [6.07, 6.45) is 2.41. The lowest BCUT2D eigenvalue weighted by Gasteiger charge is -2.16. The van der Waals surface area contributed by atoms with Crippen LogP contribution in [0.3, 0.4) is 0 Å². The SMILES string of the molecule is Cc1ccc(Oc2ccc(C(=O)NCCN3CCCC3)cc2NC(=O)Nc2ccc(Oc3ccccc3)cc2)cc1C. The molecule has 42 heavy (non-hydrogen) atoms.